The molecule has 0 fully saturated rings. The molecule has 2 aromatic rings. The number of ether oxygens (including phenoxy) is 1. The van der Waals surface area contributed by atoms with Crippen molar-refractivity contribution in [2.75, 3.05) is 25.6 Å². The first-order valence-corrected chi connectivity index (χ1v) is 7.59. The number of hydrogen-bond donors (Lipinski definition) is 2. The highest BCUT2D eigenvalue weighted by molar-refractivity contribution is 5.92. The molecule has 0 unspecified atom stereocenters. The zero-order valence-electron chi connectivity index (χ0n) is 13.5. The normalized spacial score (nSPS) is 10.3. The predicted molar refractivity (Wildman–Crippen MR) is 89.4 cm³/mol. The van der Waals surface area contributed by atoms with E-state index in [-0.39, 0.29) is 5.91 Å². The lowest BCUT2D eigenvalue weighted by molar-refractivity contribution is 0.0945. The van der Waals surface area contributed by atoms with E-state index in [0.29, 0.717) is 30.5 Å². The van der Waals surface area contributed by atoms with Gasteiger partial charge in [0.15, 0.2) is 0 Å². The molecule has 0 aliphatic rings. The van der Waals surface area contributed by atoms with Crippen molar-refractivity contribution in [2.45, 2.75) is 19.9 Å². The lowest BCUT2D eigenvalue weighted by Crippen LogP contribution is -2.24. The van der Waals surface area contributed by atoms with Gasteiger partial charge >= 0.3 is 0 Å². The summed E-state index contributed by atoms with van der Waals surface area (Å²) < 4.78 is 5.00. The number of benzene rings is 1. The number of hydrogen-bond acceptors (Lipinski definition) is 5. The number of carbonyl (C=O) groups excluding carboxylic acids is 1. The molecule has 0 saturated heterocycles. The predicted octanol–water partition coefficient (Wildman–Crippen LogP) is 2.16. The van der Waals surface area contributed by atoms with Crippen LogP contribution in [0.3, 0.4) is 0 Å². The van der Waals surface area contributed by atoms with Crippen LogP contribution in [-0.2, 0) is 11.3 Å². The van der Waals surface area contributed by atoms with Crippen molar-refractivity contribution in [1.82, 2.24) is 15.3 Å². The fourth-order valence-corrected chi connectivity index (χ4v) is 2.08. The minimum Gasteiger partial charge on any atom is -0.385 e. The second-order valence-electron chi connectivity index (χ2n) is 5.13. The first-order valence-electron chi connectivity index (χ1n) is 7.59. The van der Waals surface area contributed by atoms with Crippen LogP contribution in [-0.4, -0.2) is 36.1 Å². The number of nitrogens with one attached hydrogen (secondary N) is 2. The topological polar surface area (TPSA) is 76.1 Å². The second kappa shape index (κ2) is 8.85. The first-order chi connectivity index (χ1) is 11.2. The number of anilines is 1. The van der Waals surface area contributed by atoms with E-state index in [1.807, 2.05) is 30.3 Å². The molecule has 1 amide bonds. The molecule has 6 heteroatoms. The summed E-state index contributed by atoms with van der Waals surface area (Å²) in [5.41, 5.74) is 1.41. The number of carbonyl (C=O) groups is 1. The molecule has 23 heavy (non-hydrogen) atoms. The van der Waals surface area contributed by atoms with Crippen molar-refractivity contribution in [3.05, 3.63) is 53.5 Å². The van der Waals surface area contributed by atoms with Gasteiger partial charge in [0.25, 0.3) is 5.91 Å². The minimum atomic E-state index is -0.209. The van der Waals surface area contributed by atoms with Gasteiger partial charge in [-0.2, -0.15) is 0 Å². The van der Waals surface area contributed by atoms with Crippen LogP contribution in [0.1, 0.15) is 28.3 Å². The number of aryl methyl sites for hydroxylation is 1. The van der Waals surface area contributed by atoms with E-state index >= 15 is 0 Å². The van der Waals surface area contributed by atoms with E-state index in [1.54, 1.807) is 20.1 Å². The average molecular weight is 314 g/mol. The minimum absolute atomic E-state index is 0.209. The van der Waals surface area contributed by atoms with E-state index in [0.717, 1.165) is 18.5 Å². The highest BCUT2D eigenvalue weighted by Crippen LogP contribution is 2.07. The molecule has 6 nitrogen and oxygen atoms in total. The van der Waals surface area contributed by atoms with Crippen molar-refractivity contribution < 1.29 is 9.53 Å². The molecule has 1 heterocycles. The van der Waals surface area contributed by atoms with Crippen molar-refractivity contribution in [1.29, 1.82) is 0 Å². The zero-order valence-corrected chi connectivity index (χ0v) is 13.5. The molecule has 2 N–H and O–H groups in total. The average Bonchev–Trinajstić information content (AvgIpc) is 2.57. The number of amides is 1. The Kier molecular flexibility index (Phi) is 6.50. The van der Waals surface area contributed by atoms with Gasteiger partial charge in [0.1, 0.15) is 17.3 Å². The van der Waals surface area contributed by atoms with Gasteiger partial charge in [-0.05, 0) is 18.9 Å². The Balaban J connectivity index is 1.95. The largest absolute Gasteiger partial charge is 0.385 e. The third-order valence-corrected chi connectivity index (χ3v) is 3.20. The standard InChI is InChI=1S/C17H22N4O2/c1-13-20-15(11-16(21-13)18-9-6-10-23-2)17(22)19-12-14-7-4-3-5-8-14/h3-5,7-8,11H,6,9-10,12H2,1-2H3,(H,19,22)(H,18,20,21). The Hall–Kier alpha value is -2.47. The highest BCUT2D eigenvalue weighted by atomic mass is 16.5. The van der Waals surface area contributed by atoms with Crippen LogP contribution < -0.4 is 10.6 Å². The third-order valence-electron chi connectivity index (χ3n) is 3.20. The molecule has 0 aliphatic carbocycles. The Labute approximate surface area is 136 Å². The SMILES string of the molecule is COCCCNc1cc(C(=O)NCc2ccccc2)nc(C)n1. The molecule has 0 atom stereocenters. The van der Waals surface area contributed by atoms with Crippen LogP contribution >= 0.6 is 0 Å². The van der Waals surface area contributed by atoms with Crippen molar-refractivity contribution in [2.24, 2.45) is 0 Å². The summed E-state index contributed by atoms with van der Waals surface area (Å²) in [5, 5.41) is 6.05. The van der Waals surface area contributed by atoms with Crippen LogP contribution in [0, 0.1) is 6.92 Å². The van der Waals surface area contributed by atoms with Crippen LogP contribution in [0.2, 0.25) is 0 Å². The lowest BCUT2D eigenvalue weighted by Gasteiger charge is -2.09. The number of rotatable bonds is 8. The van der Waals surface area contributed by atoms with E-state index < -0.39 is 0 Å². The van der Waals surface area contributed by atoms with Crippen LogP contribution in [0.5, 0.6) is 0 Å². The summed E-state index contributed by atoms with van der Waals surface area (Å²) in [6, 6.07) is 11.4. The molecule has 2 rings (SSSR count). The molecular formula is C17H22N4O2. The number of nitrogens with zero attached hydrogens (tertiary/aromatic N) is 2. The maximum Gasteiger partial charge on any atom is 0.270 e. The Bertz CT molecular complexity index is 632. The summed E-state index contributed by atoms with van der Waals surface area (Å²) in [4.78, 5) is 20.7. The van der Waals surface area contributed by atoms with Crippen LogP contribution in [0.15, 0.2) is 36.4 Å². The summed E-state index contributed by atoms with van der Waals surface area (Å²) >= 11 is 0. The maximum absolute atomic E-state index is 12.2. The van der Waals surface area contributed by atoms with E-state index in [9.17, 15) is 4.79 Å². The lowest BCUT2D eigenvalue weighted by atomic mass is 10.2. The van der Waals surface area contributed by atoms with Gasteiger partial charge in [-0.3, -0.25) is 4.79 Å². The van der Waals surface area contributed by atoms with Gasteiger partial charge in [-0.15, -0.1) is 0 Å². The maximum atomic E-state index is 12.2. The second-order valence-corrected chi connectivity index (χ2v) is 5.13. The molecule has 0 aliphatic heterocycles. The molecule has 1 aromatic carbocycles. The Morgan fingerprint density at radius 2 is 2.00 bits per heavy atom. The van der Waals surface area contributed by atoms with E-state index in [1.165, 1.54) is 0 Å². The van der Waals surface area contributed by atoms with Crippen LogP contribution in [0.4, 0.5) is 5.82 Å². The van der Waals surface area contributed by atoms with Gasteiger partial charge in [0, 0.05) is 32.9 Å². The van der Waals surface area contributed by atoms with Gasteiger partial charge in [-0.1, -0.05) is 30.3 Å². The monoisotopic (exact) mass is 314 g/mol. The van der Waals surface area contributed by atoms with Gasteiger partial charge in [-0.25, -0.2) is 9.97 Å². The van der Waals surface area contributed by atoms with E-state index in [2.05, 4.69) is 20.6 Å². The molecule has 1 aromatic heterocycles. The molecule has 0 spiro atoms. The molecule has 0 radical (unpaired) electrons. The number of methoxy groups -OCH3 is 1. The van der Waals surface area contributed by atoms with Crippen molar-refractivity contribution in [3.63, 3.8) is 0 Å². The Morgan fingerprint density at radius 1 is 1.22 bits per heavy atom. The van der Waals surface area contributed by atoms with Crippen molar-refractivity contribution in [3.8, 4) is 0 Å². The van der Waals surface area contributed by atoms with Crippen LogP contribution in [0.25, 0.3) is 0 Å². The van der Waals surface area contributed by atoms with Gasteiger partial charge in [0.2, 0.25) is 0 Å². The summed E-state index contributed by atoms with van der Waals surface area (Å²) in [7, 11) is 1.67. The van der Waals surface area contributed by atoms with Gasteiger partial charge < -0.3 is 15.4 Å². The molecule has 0 saturated carbocycles. The fraction of sp³-hybridized carbons (Fsp3) is 0.353. The summed E-state index contributed by atoms with van der Waals surface area (Å²) in [5.74, 6) is 1.00. The van der Waals surface area contributed by atoms with Crippen molar-refractivity contribution >= 4 is 11.7 Å². The smallest absolute Gasteiger partial charge is 0.270 e. The zero-order chi connectivity index (χ0) is 16.5. The third kappa shape index (κ3) is 5.67. The quantitative estimate of drug-likeness (QED) is 0.730. The van der Waals surface area contributed by atoms with E-state index in [4.69, 9.17) is 4.74 Å². The molecule has 0 bridgehead atoms. The summed E-state index contributed by atoms with van der Waals surface area (Å²) in [6.45, 7) is 3.66. The Morgan fingerprint density at radius 3 is 2.74 bits per heavy atom. The summed E-state index contributed by atoms with van der Waals surface area (Å²) in [6.07, 6.45) is 0.870. The highest BCUT2D eigenvalue weighted by Gasteiger charge is 2.10. The molecular weight excluding hydrogens is 292 g/mol. The van der Waals surface area contributed by atoms with Gasteiger partial charge in [0.05, 0.1) is 0 Å². The fourth-order valence-electron chi connectivity index (χ4n) is 2.08. The number of aromatic nitrogens is 2. The first kappa shape index (κ1) is 16.9. The molecule has 122 valence electrons.